The third-order valence-electron chi connectivity index (χ3n) is 3.48. The molecule has 1 heterocycles. The van der Waals surface area contributed by atoms with Crippen LogP contribution in [-0.2, 0) is 9.53 Å². The first-order valence-electron chi connectivity index (χ1n) is 6.42. The molecule has 1 aliphatic carbocycles. The summed E-state index contributed by atoms with van der Waals surface area (Å²) in [6.45, 7) is 7.91. The van der Waals surface area contributed by atoms with Crippen molar-refractivity contribution in [2.75, 3.05) is 6.54 Å². The minimum absolute atomic E-state index is 0.0363. The summed E-state index contributed by atoms with van der Waals surface area (Å²) >= 11 is 4.19. The van der Waals surface area contributed by atoms with Gasteiger partial charge in [-0.15, -0.1) is 0 Å². The molecule has 3 unspecified atom stereocenters. The van der Waals surface area contributed by atoms with E-state index in [0.29, 0.717) is 18.4 Å². The third-order valence-corrected chi connectivity index (χ3v) is 3.74. The molecule has 0 bridgehead atoms. The normalized spacial score (nSPS) is 31.8. The zero-order valence-electron chi connectivity index (χ0n) is 11.3. The third kappa shape index (κ3) is 2.66. The lowest BCUT2D eigenvalue weighted by molar-refractivity contribution is -0.123. The number of amides is 1. The van der Waals surface area contributed by atoms with E-state index >= 15 is 0 Å². The Bertz CT molecular complexity index is 375. The summed E-state index contributed by atoms with van der Waals surface area (Å²) in [6, 6.07) is -0.322. The van der Waals surface area contributed by atoms with Crippen molar-refractivity contribution in [1.29, 1.82) is 0 Å². The number of rotatable bonds is 2. The predicted octanol–water partition coefficient (Wildman–Crippen LogP) is 2.13. The van der Waals surface area contributed by atoms with Crippen molar-refractivity contribution in [3.8, 4) is 0 Å². The summed E-state index contributed by atoms with van der Waals surface area (Å²) < 4.78 is 5.36. The van der Waals surface area contributed by atoms with E-state index in [1.807, 2.05) is 20.8 Å². The van der Waals surface area contributed by atoms with E-state index in [9.17, 15) is 9.59 Å². The summed E-state index contributed by atoms with van der Waals surface area (Å²) in [6.07, 6.45) is 0.679. The van der Waals surface area contributed by atoms with Crippen molar-refractivity contribution in [1.82, 2.24) is 4.90 Å². The van der Waals surface area contributed by atoms with Crippen LogP contribution in [0.25, 0.3) is 0 Å². The fourth-order valence-corrected chi connectivity index (χ4v) is 2.74. The molecule has 2 fully saturated rings. The van der Waals surface area contributed by atoms with Crippen molar-refractivity contribution < 1.29 is 14.3 Å². The number of Topliss-reactive ketones (excluding diaryl/α,β-unsaturated/α-hetero) is 1. The molecule has 0 radical (unpaired) electrons. The lowest BCUT2D eigenvalue weighted by Crippen LogP contribution is -2.47. The Labute approximate surface area is 113 Å². The summed E-state index contributed by atoms with van der Waals surface area (Å²) in [5.74, 6) is 0.854. The van der Waals surface area contributed by atoms with E-state index in [1.54, 1.807) is 11.8 Å². The molecule has 0 aromatic carbocycles. The van der Waals surface area contributed by atoms with Gasteiger partial charge in [0.15, 0.2) is 5.78 Å². The van der Waals surface area contributed by atoms with Crippen LogP contribution in [0.15, 0.2) is 0 Å². The maximum atomic E-state index is 12.1. The Kier molecular flexibility index (Phi) is 3.38. The maximum Gasteiger partial charge on any atom is 0.410 e. The number of piperidine rings is 1. The van der Waals surface area contributed by atoms with Crippen molar-refractivity contribution in [2.24, 2.45) is 11.8 Å². The molecule has 4 nitrogen and oxygen atoms in total. The van der Waals surface area contributed by atoms with E-state index in [4.69, 9.17) is 4.74 Å². The minimum atomic E-state index is -0.524. The smallest absolute Gasteiger partial charge is 0.410 e. The molecular formula is C13H21NO3S. The highest BCUT2D eigenvalue weighted by Crippen LogP contribution is 2.50. The molecule has 1 saturated carbocycles. The van der Waals surface area contributed by atoms with Crippen molar-refractivity contribution in [2.45, 2.75) is 51.0 Å². The Morgan fingerprint density at radius 3 is 2.50 bits per heavy atom. The second-order valence-corrected chi connectivity index (χ2v) is 7.09. The average Bonchev–Trinajstić information content (AvgIpc) is 2.86. The molecule has 1 saturated heterocycles. The zero-order valence-corrected chi connectivity index (χ0v) is 12.2. The summed E-state index contributed by atoms with van der Waals surface area (Å²) in [5.41, 5.74) is -0.524. The molecule has 4 atom stereocenters. The van der Waals surface area contributed by atoms with Gasteiger partial charge in [0.05, 0.1) is 11.3 Å². The van der Waals surface area contributed by atoms with Gasteiger partial charge in [0.2, 0.25) is 0 Å². The molecule has 0 N–H and O–H groups in total. The quantitative estimate of drug-likeness (QED) is 0.783. The number of hydrogen-bond donors (Lipinski definition) is 1. The van der Waals surface area contributed by atoms with Gasteiger partial charge in [-0.3, -0.25) is 9.69 Å². The fourth-order valence-electron chi connectivity index (χ4n) is 2.59. The molecule has 0 aromatic heterocycles. The topological polar surface area (TPSA) is 46.6 Å². The van der Waals surface area contributed by atoms with Crippen LogP contribution in [0, 0.1) is 11.8 Å². The zero-order chi connectivity index (χ0) is 13.7. The Morgan fingerprint density at radius 2 is 2.00 bits per heavy atom. The summed E-state index contributed by atoms with van der Waals surface area (Å²) in [7, 11) is 0. The van der Waals surface area contributed by atoms with E-state index < -0.39 is 5.60 Å². The van der Waals surface area contributed by atoms with E-state index in [1.165, 1.54) is 0 Å². The summed E-state index contributed by atoms with van der Waals surface area (Å²) in [4.78, 5) is 25.8. The Balaban J connectivity index is 2.08. The van der Waals surface area contributed by atoms with Crippen LogP contribution in [0.1, 0.15) is 34.1 Å². The second-order valence-electron chi connectivity index (χ2n) is 6.32. The lowest BCUT2D eigenvalue weighted by Gasteiger charge is -2.30. The number of carbonyl (C=O) groups excluding carboxylic acids is 2. The van der Waals surface area contributed by atoms with Crippen LogP contribution < -0.4 is 0 Å². The van der Waals surface area contributed by atoms with Crippen LogP contribution in [0.5, 0.6) is 0 Å². The molecule has 0 aromatic rings. The molecular weight excluding hydrogens is 250 g/mol. The number of fused-ring (bicyclic) bond motifs is 1. The van der Waals surface area contributed by atoms with E-state index in [-0.39, 0.29) is 23.2 Å². The average molecular weight is 271 g/mol. The van der Waals surface area contributed by atoms with Gasteiger partial charge in [0.1, 0.15) is 5.60 Å². The van der Waals surface area contributed by atoms with Crippen molar-refractivity contribution in [3.63, 3.8) is 0 Å². The molecule has 102 valence electrons. The maximum absolute atomic E-state index is 12.1. The van der Waals surface area contributed by atoms with Crippen LogP contribution in [0.4, 0.5) is 4.79 Å². The van der Waals surface area contributed by atoms with Gasteiger partial charge in [-0.2, -0.15) is 12.6 Å². The first kappa shape index (κ1) is 13.7. The fraction of sp³-hybridized carbons (Fsp3) is 0.846. The number of thiol groups is 1. The van der Waals surface area contributed by atoms with Gasteiger partial charge in [0.25, 0.3) is 0 Å². The van der Waals surface area contributed by atoms with Crippen LogP contribution in [-0.4, -0.2) is 40.2 Å². The molecule has 18 heavy (non-hydrogen) atoms. The van der Waals surface area contributed by atoms with Gasteiger partial charge in [-0.1, -0.05) is 0 Å². The largest absolute Gasteiger partial charge is 0.444 e. The van der Waals surface area contributed by atoms with Gasteiger partial charge < -0.3 is 4.74 Å². The van der Waals surface area contributed by atoms with E-state index in [2.05, 4.69) is 12.6 Å². The highest BCUT2D eigenvalue weighted by atomic mass is 32.1. The van der Waals surface area contributed by atoms with Crippen molar-refractivity contribution >= 4 is 24.5 Å². The number of ketones is 1. The number of likely N-dealkylation sites (tertiary alicyclic amines) is 1. The van der Waals surface area contributed by atoms with E-state index in [0.717, 1.165) is 6.42 Å². The standard InChI is InChI=1S/C13H21NO3S/c1-7(18)11(15)10-9-5-8(9)6-14(10)12(16)17-13(2,3)4/h7-10,18H,5-6H2,1-4H3/t7?,8-,9?,10?/m1/s1. The number of carbonyl (C=O) groups is 2. The van der Waals surface area contributed by atoms with Crippen LogP contribution in [0.2, 0.25) is 0 Å². The van der Waals surface area contributed by atoms with Crippen molar-refractivity contribution in [3.05, 3.63) is 0 Å². The molecule has 5 heteroatoms. The minimum Gasteiger partial charge on any atom is -0.444 e. The van der Waals surface area contributed by atoms with Gasteiger partial charge >= 0.3 is 6.09 Å². The van der Waals surface area contributed by atoms with Crippen LogP contribution >= 0.6 is 12.6 Å². The van der Waals surface area contributed by atoms with Gasteiger partial charge in [-0.05, 0) is 46.0 Å². The first-order chi connectivity index (χ1) is 8.20. The highest BCUT2D eigenvalue weighted by Gasteiger charge is 2.57. The number of nitrogens with zero attached hydrogens (tertiary/aromatic N) is 1. The molecule has 2 rings (SSSR count). The van der Waals surface area contributed by atoms with Gasteiger partial charge in [-0.25, -0.2) is 4.79 Å². The summed E-state index contributed by atoms with van der Waals surface area (Å²) in [5, 5.41) is -0.334. The molecule has 1 amide bonds. The molecule has 1 aliphatic heterocycles. The highest BCUT2D eigenvalue weighted by molar-refractivity contribution is 7.81. The first-order valence-corrected chi connectivity index (χ1v) is 6.94. The SMILES string of the molecule is CC(S)C(=O)C1C2C[C@@H]2CN1C(=O)OC(C)(C)C. The second kappa shape index (κ2) is 4.44. The Hall–Kier alpha value is -0.710. The lowest BCUT2D eigenvalue weighted by atomic mass is 10.1. The van der Waals surface area contributed by atoms with Gasteiger partial charge in [0, 0.05) is 6.54 Å². The molecule has 2 aliphatic rings. The van der Waals surface area contributed by atoms with Crippen LogP contribution in [0.3, 0.4) is 0 Å². The number of hydrogen-bond acceptors (Lipinski definition) is 4. The predicted molar refractivity (Wildman–Crippen MR) is 71.8 cm³/mol. The number of ether oxygens (including phenoxy) is 1. The Morgan fingerprint density at radius 1 is 1.39 bits per heavy atom. The molecule has 0 spiro atoms. The monoisotopic (exact) mass is 271 g/mol.